The van der Waals surface area contributed by atoms with Crippen LogP contribution >= 0.6 is 11.6 Å². The van der Waals surface area contributed by atoms with Gasteiger partial charge in [0.1, 0.15) is 5.02 Å². The van der Waals surface area contributed by atoms with Crippen LogP contribution in [0.2, 0.25) is 5.02 Å². The molecule has 1 N–H and O–H groups in total. The molecule has 6 heteroatoms. The molecule has 0 aliphatic rings. The van der Waals surface area contributed by atoms with Crippen molar-refractivity contribution in [2.24, 2.45) is 0 Å². The molecule has 0 bridgehead atoms. The van der Waals surface area contributed by atoms with Gasteiger partial charge in [0.15, 0.2) is 0 Å². The Hall–Kier alpha value is -2.40. The molecule has 0 fully saturated rings. The smallest absolute Gasteiger partial charge is 0.289 e. The van der Waals surface area contributed by atoms with Gasteiger partial charge in [-0.15, -0.1) is 0 Å². The van der Waals surface area contributed by atoms with Crippen molar-refractivity contribution in [2.75, 3.05) is 5.32 Å². The monoisotopic (exact) mass is 304 g/mol. The molecule has 108 valence electrons. The fourth-order valence-corrected chi connectivity index (χ4v) is 2.00. The molecular weight excluding hydrogens is 292 g/mol. The molecule has 0 saturated carbocycles. The van der Waals surface area contributed by atoms with E-state index in [0.717, 1.165) is 11.1 Å². The Morgan fingerprint density at radius 1 is 1.14 bits per heavy atom. The summed E-state index contributed by atoms with van der Waals surface area (Å²) in [6.07, 6.45) is 0. The Bertz CT molecular complexity index is 729. The third-order valence-corrected chi connectivity index (χ3v) is 3.49. The second-order valence-corrected chi connectivity index (χ2v) is 5.08. The van der Waals surface area contributed by atoms with Gasteiger partial charge in [-0.2, -0.15) is 0 Å². The normalized spacial score (nSPS) is 10.2. The summed E-state index contributed by atoms with van der Waals surface area (Å²) in [6.45, 7) is 3.87. The molecule has 0 heterocycles. The van der Waals surface area contributed by atoms with Crippen LogP contribution in [0.1, 0.15) is 21.5 Å². The van der Waals surface area contributed by atoms with Gasteiger partial charge >= 0.3 is 0 Å². The van der Waals surface area contributed by atoms with E-state index in [1.54, 1.807) is 12.1 Å². The van der Waals surface area contributed by atoms with Gasteiger partial charge in [-0.05, 0) is 49.2 Å². The summed E-state index contributed by atoms with van der Waals surface area (Å²) in [5, 5.41) is 13.5. The lowest BCUT2D eigenvalue weighted by molar-refractivity contribution is -0.384. The number of amides is 1. The van der Waals surface area contributed by atoms with Crippen LogP contribution in [0.4, 0.5) is 11.4 Å². The van der Waals surface area contributed by atoms with E-state index < -0.39 is 4.92 Å². The highest BCUT2D eigenvalue weighted by molar-refractivity contribution is 6.32. The van der Waals surface area contributed by atoms with Crippen LogP contribution in [0.25, 0.3) is 0 Å². The molecule has 0 radical (unpaired) electrons. The number of hydrogen-bond donors (Lipinski definition) is 1. The van der Waals surface area contributed by atoms with Crippen molar-refractivity contribution in [3.05, 3.63) is 68.2 Å². The molecule has 0 aliphatic carbocycles. The number of nitrogens with zero attached hydrogens (tertiary/aromatic N) is 1. The molecule has 5 nitrogen and oxygen atoms in total. The van der Waals surface area contributed by atoms with Crippen molar-refractivity contribution in [1.29, 1.82) is 0 Å². The third-order valence-electron chi connectivity index (χ3n) is 3.17. The maximum atomic E-state index is 12.1. The second-order valence-electron chi connectivity index (χ2n) is 4.68. The molecule has 0 unspecified atom stereocenters. The minimum atomic E-state index is -0.589. The minimum absolute atomic E-state index is 0.0316. The van der Waals surface area contributed by atoms with Gasteiger partial charge in [0.25, 0.3) is 11.6 Å². The zero-order chi connectivity index (χ0) is 15.6. The third kappa shape index (κ3) is 3.38. The SMILES string of the molecule is Cc1ccc(C(=O)Nc2ccc(Cl)c([N+](=O)[O-])c2)cc1C. The quantitative estimate of drug-likeness (QED) is 0.685. The number of carbonyl (C=O) groups excluding carboxylic acids is 1. The standard InChI is InChI=1S/C15H13ClN2O3/c1-9-3-4-11(7-10(9)2)15(19)17-12-5-6-13(16)14(8-12)18(20)21/h3-8H,1-2H3,(H,17,19). The van der Waals surface area contributed by atoms with Gasteiger partial charge < -0.3 is 5.32 Å². The van der Waals surface area contributed by atoms with Gasteiger partial charge in [0, 0.05) is 17.3 Å². The number of nitrogens with one attached hydrogen (secondary N) is 1. The zero-order valence-corrected chi connectivity index (χ0v) is 12.3. The fourth-order valence-electron chi connectivity index (χ4n) is 1.82. The minimum Gasteiger partial charge on any atom is -0.322 e. The number of anilines is 1. The molecule has 0 spiro atoms. The first-order valence-corrected chi connectivity index (χ1v) is 6.59. The zero-order valence-electron chi connectivity index (χ0n) is 11.5. The van der Waals surface area contributed by atoms with Crippen molar-refractivity contribution < 1.29 is 9.72 Å². The summed E-state index contributed by atoms with van der Waals surface area (Å²) < 4.78 is 0. The van der Waals surface area contributed by atoms with E-state index in [1.165, 1.54) is 18.2 Å². The predicted molar refractivity (Wildman–Crippen MR) is 82.0 cm³/mol. The summed E-state index contributed by atoms with van der Waals surface area (Å²) in [5.74, 6) is -0.324. The average Bonchev–Trinajstić information content (AvgIpc) is 2.43. The average molecular weight is 305 g/mol. The summed E-state index contributed by atoms with van der Waals surface area (Å²) in [7, 11) is 0. The highest BCUT2D eigenvalue weighted by Gasteiger charge is 2.14. The first-order chi connectivity index (χ1) is 9.88. The molecule has 1 amide bonds. The lowest BCUT2D eigenvalue weighted by Gasteiger charge is -2.07. The van der Waals surface area contributed by atoms with Crippen molar-refractivity contribution >= 4 is 28.9 Å². The predicted octanol–water partition coefficient (Wildman–Crippen LogP) is 4.12. The van der Waals surface area contributed by atoms with E-state index in [2.05, 4.69) is 5.32 Å². The molecule has 0 aromatic heterocycles. The van der Waals surface area contributed by atoms with Crippen molar-refractivity contribution in [2.45, 2.75) is 13.8 Å². The Labute approximate surface area is 126 Å². The summed E-state index contributed by atoms with van der Waals surface area (Å²) in [4.78, 5) is 22.4. The Balaban J connectivity index is 2.25. The number of nitro benzene ring substituents is 1. The number of nitro groups is 1. The number of halogens is 1. The highest BCUT2D eigenvalue weighted by Crippen LogP contribution is 2.27. The lowest BCUT2D eigenvalue weighted by atomic mass is 10.1. The van der Waals surface area contributed by atoms with Gasteiger partial charge in [0.05, 0.1) is 4.92 Å². The van der Waals surface area contributed by atoms with Crippen LogP contribution in [0.5, 0.6) is 0 Å². The number of hydrogen-bond acceptors (Lipinski definition) is 3. The molecule has 2 aromatic carbocycles. The topological polar surface area (TPSA) is 72.2 Å². The second kappa shape index (κ2) is 5.93. The molecular formula is C15H13ClN2O3. The van der Waals surface area contributed by atoms with Crippen molar-refractivity contribution in [3.63, 3.8) is 0 Å². The van der Waals surface area contributed by atoms with E-state index in [9.17, 15) is 14.9 Å². The maximum Gasteiger partial charge on any atom is 0.289 e. The van der Waals surface area contributed by atoms with E-state index in [0.29, 0.717) is 11.3 Å². The molecule has 0 atom stereocenters. The number of aryl methyl sites for hydroxylation is 2. The van der Waals surface area contributed by atoms with Crippen LogP contribution in [0, 0.1) is 24.0 Å². The molecule has 0 aliphatic heterocycles. The van der Waals surface area contributed by atoms with Crippen LogP contribution in [-0.4, -0.2) is 10.8 Å². The number of carbonyl (C=O) groups is 1. The fraction of sp³-hybridized carbons (Fsp3) is 0.133. The first-order valence-electron chi connectivity index (χ1n) is 6.21. The summed E-state index contributed by atoms with van der Waals surface area (Å²) in [6, 6.07) is 9.48. The number of benzene rings is 2. The van der Waals surface area contributed by atoms with E-state index in [1.807, 2.05) is 19.9 Å². The summed E-state index contributed by atoms with van der Waals surface area (Å²) in [5.41, 5.74) is 2.68. The lowest BCUT2D eigenvalue weighted by Crippen LogP contribution is -2.12. The van der Waals surface area contributed by atoms with Crippen molar-refractivity contribution in [1.82, 2.24) is 0 Å². The van der Waals surface area contributed by atoms with Gasteiger partial charge in [-0.3, -0.25) is 14.9 Å². The summed E-state index contributed by atoms with van der Waals surface area (Å²) >= 11 is 5.73. The van der Waals surface area contributed by atoms with Gasteiger partial charge in [-0.1, -0.05) is 17.7 Å². The molecule has 0 saturated heterocycles. The Kier molecular flexibility index (Phi) is 4.23. The molecule has 2 aromatic rings. The molecule has 2 rings (SSSR count). The van der Waals surface area contributed by atoms with Crippen LogP contribution in [-0.2, 0) is 0 Å². The first kappa shape index (κ1) is 15.0. The van der Waals surface area contributed by atoms with E-state index in [-0.39, 0.29) is 16.6 Å². The largest absolute Gasteiger partial charge is 0.322 e. The Morgan fingerprint density at radius 3 is 2.48 bits per heavy atom. The molecule has 21 heavy (non-hydrogen) atoms. The van der Waals surface area contributed by atoms with E-state index in [4.69, 9.17) is 11.6 Å². The highest BCUT2D eigenvalue weighted by atomic mass is 35.5. The van der Waals surface area contributed by atoms with Crippen LogP contribution < -0.4 is 5.32 Å². The van der Waals surface area contributed by atoms with Crippen LogP contribution in [0.15, 0.2) is 36.4 Å². The number of rotatable bonds is 3. The van der Waals surface area contributed by atoms with Gasteiger partial charge in [-0.25, -0.2) is 0 Å². The van der Waals surface area contributed by atoms with Crippen molar-refractivity contribution in [3.8, 4) is 0 Å². The van der Waals surface area contributed by atoms with Gasteiger partial charge in [0.2, 0.25) is 0 Å². The Morgan fingerprint density at radius 2 is 1.86 bits per heavy atom. The maximum absolute atomic E-state index is 12.1. The van der Waals surface area contributed by atoms with Crippen LogP contribution in [0.3, 0.4) is 0 Å². The van der Waals surface area contributed by atoms with E-state index >= 15 is 0 Å².